The standard InChI is InChI=1S/C16H20N2O4/c19-15(11-6-2-1-3-7-11)17-18-16(20)14-10-21-12-8-4-5-9-13(12)22-14/h4-5,8-9,11,14H,1-3,6-7,10H2,(H,17,19)(H,18,20)/t14-/m0/s1. The first-order valence-electron chi connectivity index (χ1n) is 7.72. The Morgan fingerprint density at radius 2 is 1.64 bits per heavy atom. The summed E-state index contributed by atoms with van der Waals surface area (Å²) < 4.78 is 11.1. The second kappa shape index (κ2) is 6.68. The Bertz CT molecular complexity index is 555. The molecule has 1 aromatic carbocycles. The summed E-state index contributed by atoms with van der Waals surface area (Å²) in [6.45, 7) is 0.127. The van der Waals surface area contributed by atoms with Gasteiger partial charge in [0.1, 0.15) is 6.61 Å². The summed E-state index contributed by atoms with van der Waals surface area (Å²) in [5.41, 5.74) is 4.94. The molecule has 1 aliphatic carbocycles. The van der Waals surface area contributed by atoms with Crippen LogP contribution in [-0.4, -0.2) is 24.5 Å². The summed E-state index contributed by atoms with van der Waals surface area (Å²) in [6.07, 6.45) is 4.34. The molecule has 0 aromatic heterocycles. The minimum atomic E-state index is -0.762. The summed E-state index contributed by atoms with van der Waals surface area (Å²) >= 11 is 0. The molecule has 0 saturated heterocycles. The molecule has 1 saturated carbocycles. The number of hydrazine groups is 1. The SMILES string of the molecule is O=C(NNC(=O)[C@@H]1COc2ccccc2O1)C1CCCCC1. The van der Waals surface area contributed by atoms with Crippen LogP contribution in [-0.2, 0) is 9.59 Å². The Balaban J connectivity index is 1.49. The summed E-state index contributed by atoms with van der Waals surface area (Å²) in [5, 5.41) is 0. The normalized spacial score (nSPS) is 21.0. The molecule has 22 heavy (non-hydrogen) atoms. The van der Waals surface area contributed by atoms with Gasteiger partial charge in [-0.25, -0.2) is 0 Å². The van der Waals surface area contributed by atoms with Gasteiger partial charge in [0, 0.05) is 5.92 Å². The summed E-state index contributed by atoms with van der Waals surface area (Å²) in [7, 11) is 0. The molecule has 6 nitrogen and oxygen atoms in total. The molecule has 2 N–H and O–H groups in total. The van der Waals surface area contributed by atoms with E-state index in [1.807, 2.05) is 12.1 Å². The number of para-hydroxylation sites is 2. The molecule has 0 bridgehead atoms. The second-order valence-corrected chi connectivity index (χ2v) is 5.68. The van der Waals surface area contributed by atoms with Gasteiger partial charge in [-0.2, -0.15) is 0 Å². The molecular formula is C16H20N2O4. The van der Waals surface area contributed by atoms with E-state index in [1.54, 1.807) is 12.1 Å². The summed E-state index contributed by atoms with van der Waals surface area (Å²) in [6, 6.07) is 7.18. The Labute approximate surface area is 129 Å². The molecule has 0 unspecified atom stereocenters. The third-order valence-electron chi connectivity index (χ3n) is 4.09. The largest absolute Gasteiger partial charge is 0.485 e. The molecule has 1 heterocycles. The van der Waals surface area contributed by atoms with E-state index in [0.29, 0.717) is 11.5 Å². The highest BCUT2D eigenvalue weighted by atomic mass is 16.6. The van der Waals surface area contributed by atoms with Crippen LogP contribution in [0.3, 0.4) is 0 Å². The average Bonchev–Trinajstić information content (AvgIpc) is 2.59. The number of amides is 2. The van der Waals surface area contributed by atoms with E-state index < -0.39 is 12.0 Å². The van der Waals surface area contributed by atoms with Gasteiger partial charge in [-0.15, -0.1) is 0 Å². The number of rotatable bonds is 2. The number of nitrogens with one attached hydrogen (secondary N) is 2. The van der Waals surface area contributed by atoms with Crippen LogP contribution >= 0.6 is 0 Å². The zero-order valence-electron chi connectivity index (χ0n) is 12.3. The van der Waals surface area contributed by atoms with Gasteiger partial charge in [0.05, 0.1) is 0 Å². The van der Waals surface area contributed by atoms with Crippen LogP contribution in [0.25, 0.3) is 0 Å². The van der Waals surface area contributed by atoms with Crippen molar-refractivity contribution in [2.75, 3.05) is 6.61 Å². The molecule has 1 aliphatic heterocycles. The Morgan fingerprint density at radius 3 is 2.41 bits per heavy atom. The molecule has 0 spiro atoms. The fourth-order valence-corrected chi connectivity index (χ4v) is 2.82. The van der Waals surface area contributed by atoms with Gasteiger partial charge in [-0.1, -0.05) is 31.4 Å². The lowest BCUT2D eigenvalue weighted by atomic mass is 9.89. The number of hydrogen-bond acceptors (Lipinski definition) is 4. The molecular weight excluding hydrogens is 284 g/mol. The Kier molecular flexibility index (Phi) is 4.46. The summed E-state index contributed by atoms with van der Waals surface area (Å²) in [4.78, 5) is 24.1. The van der Waals surface area contributed by atoms with Crippen molar-refractivity contribution in [3.63, 3.8) is 0 Å². The van der Waals surface area contributed by atoms with Gasteiger partial charge >= 0.3 is 0 Å². The molecule has 1 atom stereocenters. The average molecular weight is 304 g/mol. The lowest BCUT2D eigenvalue weighted by Crippen LogP contribution is -2.52. The third-order valence-corrected chi connectivity index (χ3v) is 4.09. The molecule has 1 fully saturated rings. The fourth-order valence-electron chi connectivity index (χ4n) is 2.82. The quantitative estimate of drug-likeness (QED) is 0.813. The first-order valence-corrected chi connectivity index (χ1v) is 7.72. The predicted octanol–water partition coefficient (Wildman–Crippen LogP) is 1.55. The van der Waals surface area contributed by atoms with Crippen molar-refractivity contribution in [2.24, 2.45) is 5.92 Å². The van der Waals surface area contributed by atoms with Gasteiger partial charge in [-0.3, -0.25) is 20.4 Å². The minimum absolute atomic E-state index is 0.00157. The monoisotopic (exact) mass is 304 g/mol. The van der Waals surface area contributed by atoms with Crippen LogP contribution in [0.4, 0.5) is 0 Å². The van der Waals surface area contributed by atoms with Gasteiger partial charge in [0.25, 0.3) is 5.91 Å². The number of carbonyl (C=O) groups is 2. The number of hydrogen-bond donors (Lipinski definition) is 2. The van der Waals surface area contributed by atoms with E-state index in [2.05, 4.69) is 10.9 Å². The number of fused-ring (bicyclic) bond motifs is 1. The number of ether oxygens (including phenoxy) is 2. The van der Waals surface area contributed by atoms with Crippen molar-refractivity contribution < 1.29 is 19.1 Å². The second-order valence-electron chi connectivity index (χ2n) is 5.68. The maximum Gasteiger partial charge on any atom is 0.283 e. The highest BCUT2D eigenvalue weighted by Crippen LogP contribution is 2.30. The van der Waals surface area contributed by atoms with Gasteiger partial charge < -0.3 is 9.47 Å². The number of benzene rings is 1. The first-order chi connectivity index (χ1) is 10.7. The van der Waals surface area contributed by atoms with Crippen molar-refractivity contribution in [1.29, 1.82) is 0 Å². The van der Waals surface area contributed by atoms with Crippen LogP contribution in [0.2, 0.25) is 0 Å². The molecule has 2 aliphatic rings. The molecule has 1 aromatic rings. The Hall–Kier alpha value is -2.24. The van der Waals surface area contributed by atoms with Crippen LogP contribution in [0.5, 0.6) is 11.5 Å². The van der Waals surface area contributed by atoms with Crippen molar-refractivity contribution in [3.05, 3.63) is 24.3 Å². The third kappa shape index (κ3) is 3.32. The molecule has 2 amide bonds. The lowest BCUT2D eigenvalue weighted by Gasteiger charge is -2.26. The summed E-state index contributed by atoms with van der Waals surface area (Å²) in [5.74, 6) is 0.632. The van der Waals surface area contributed by atoms with E-state index in [4.69, 9.17) is 9.47 Å². The van der Waals surface area contributed by atoms with E-state index in [9.17, 15) is 9.59 Å². The van der Waals surface area contributed by atoms with Crippen LogP contribution in [0.15, 0.2) is 24.3 Å². The zero-order chi connectivity index (χ0) is 15.4. The van der Waals surface area contributed by atoms with Crippen LogP contribution in [0.1, 0.15) is 32.1 Å². The number of carbonyl (C=O) groups excluding carboxylic acids is 2. The van der Waals surface area contributed by atoms with E-state index in [0.717, 1.165) is 25.7 Å². The minimum Gasteiger partial charge on any atom is -0.485 e. The maximum absolute atomic E-state index is 12.1. The topological polar surface area (TPSA) is 76.7 Å². The van der Waals surface area contributed by atoms with Crippen LogP contribution in [0, 0.1) is 5.92 Å². The predicted molar refractivity (Wildman–Crippen MR) is 79.2 cm³/mol. The fraction of sp³-hybridized carbons (Fsp3) is 0.500. The molecule has 0 radical (unpaired) electrons. The van der Waals surface area contributed by atoms with Crippen molar-refractivity contribution in [2.45, 2.75) is 38.2 Å². The zero-order valence-corrected chi connectivity index (χ0v) is 12.3. The van der Waals surface area contributed by atoms with Gasteiger partial charge in [0.2, 0.25) is 12.0 Å². The van der Waals surface area contributed by atoms with Gasteiger partial charge in [-0.05, 0) is 25.0 Å². The lowest BCUT2D eigenvalue weighted by molar-refractivity contribution is -0.136. The maximum atomic E-state index is 12.1. The highest BCUT2D eigenvalue weighted by molar-refractivity contribution is 5.86. The van der Waals surface area contributed by atoms with Crippen LogP contribution < -0.4 is 20.3 Å². The van der Waals surface area contributed by atoms with E-state index in [-0.39, 0.29) is 18.4 Å². The molecule has 3 rings (SSSR count). The van der Waals surface area contributed by atoms with Crippen molar-refractivity contribution >= 4 is 11.8 Å². The smallest absolute Gasteiger partial charge is 0.283 e. The Morgan fingerprint density at radius 1 is 0.955 bits per heavy atom. The van der Waals surface area contributed by atoms with Crippen molar-refractivity contribution in [3.8, 4) is 11.5 Å². The highest BCUT2D eigenvalue weighted by Gasteiger charge is 2.28. The van der Waals surface area contributed by atoms with Gasteiger partial charge in [0.15, 0.2) is 11.5 Å². The molecule has 6 heteroatoms. The van der Waals surface area contributed by atoms with Crippen molar-refractivity contribution in [1.82, 2.24) is 10.9 Å². The van der Waals surface area contributed by atoms with E-state index in [1.165, 1.54) is 6.42 Å². The van der Waals surface area contributed by atoms with E-state index >= 15 is 0 Å². The first kappa shape index (κ1) is 14.7. The molecule has 118 valence electrons.